The van der Waals surface area contributed by atoms with E-state index >= 15 is 0 Å². The highest BCUT2D eigenvalue weighted by Gasteiger charge is 2.35. The summed E-state index contributed by atoms with van der Waals surface area (Å²) in [5.74, 6) is 0.544. The summed E-state index contributed by atoms with van der Waals surface area (Å²) in [7, 11) is 1.56. The van der Waals surface area contributed by atoms with E-state index in [9.17, 15) is 9.59 Å². The maximum atomic E-state index is 14.0. The summed E-state index contributed by atoms with van der Waals surface area (Å²) in [6, 6.07) is 21.9. The summed E-state index contributed by atoms with van der Waals surface area (Å²) in [5, 5.41) is 0. The number of halogens is 1. The monoisotopic (exact) mass is 630 g/mol. The Morgan fingerprint density at radius 1 is 1.12 bits per heavy atom. The van der Waals surface area contributed by atoms with Crippen LogP contribution in [0.2, 0.25) is 0 Å². The van der Waals surface area contributed by atoms with Gasteiger partial charge in [0.2, 0.25) is 0 Å². The number of aromatic nitrogens is 1. The van der Waals surface area contributed by atoms with E-state index in [2.05, 4.69) is 22.5 Å². The first-order valence-electron chi connectivity index (χ1n) is 12.9. The molecule has 0 fully saturated rings. The summed E-state index contributed by atoms with van der Waals surface area (Å²) in [5.41, 5.74) is 2.81. The fraction of sp³-hybridized carbons (Fsp3) is 0.156. The molecular weight excluding hydrogens is 604 g/mol. The second-order valence-corrected chi connectivity index (χ2v) is 10.8. The summed E-state index contributed by atoms with van der Waals surface area (Å²) in [6.07, 6.45) is 3.44. The molecule has 3 aromatic carbocycles. The number of methoxy groups -OCH3 is 1. The summed E-state index contributed by atoms with van der Waals surface area (Å²) < 4.78 is 19.5. The number of thiazole rings is 1. The van der Waals surface area contributed by atoms with Crippen LogP contribution in [0.3, 0.4) is 0 Å². The molecular formula is C32H27BrN2O5S. The van der Waals surface area contributed by atoms with Gasteiger partial charge in [0.1, 0.15) is 6.61 Å². The van der Waals surface area contributed by atoms with Crippen molar-refractivity contribution in [1.82, 2.24) is 4.57 Å². The van der Waals surface area contributed by atoms with Gasteiger partial charge in [-0.3, -0.25) is 9.36 Å². The largest absolute Gasteiger partial charge is 0.493 e. The van der Waals surface area contributed by atoms with Gasteiger partial charge < -0.3 is 14.2 Å². The van der Waals surface area contributed by atoms with E-state index in [0.29, 0.717) is 43.2 Å². The topological polar surface area (TPSA) is 79.1 Å². The molecule has 7 nitrogen and oxygen atoms in total. The quantitative estimate of drug-likeness (QED) is 0.186. The van der Waals surface area contributed by atoms with Gasteiger partial charge in [-0.2, -0.15) is 0 Å². The summed E-state index contributed by atoms with van der Waals surface area (Å²) in [6.45, 7) is 5.96. The Morgan fingerprint density at radius 3 is 2.49 bits per heavy atom. The Balaban J connectivity index is 1.76. The lowest BCUT2D eigenvalue weighted by molar-refractivity contribution is -0.138. The maximum Gasteiger partial charge on any atom is 0.338 e. The lowest BCUT2D eigenvalue weighted by Gasteiger charge is -2.25. The molecule has 0 saturated carbocycles. The number of ether oxygens (including phenoxy) is 3. The molecule has 0 spiro atoms. The highest BCUT2D eigenvalue weighted by molar-refractivity contribution is 9.10. The minimum absolute atomic E-state index is 0.194. The van der Waals surface area contributed by atoms with Crippen LogP contribution >= 0.6 is 27.3 Å². The molecule has 1 aromatic heterocycles. The minimum Gasteiger partial charge on any atom is -0.493 e. The predicted molar refractivity (Wildman–Crippen MR) is 164 cm³/mol. The highest BCUT2D eigenvalue weighted by Crippen LogP contribution is 2.37. The third-order valence-corrected chi connectivity index (χ3v) is 7.96. The van der Waals surface area contributed by atoms with Crippen LogP contribution < -0.4 is 24.4 Å². The molecule has 0 radical (unpaired) electrons. The number of rotatable bonds is 9. The predicted octanol–water partition coefficient (Wildman–Crippen LogP) is 5.27. The Hall–Kier alpha value is -4.21. The molecule has 0 bridgehead atoms. The van der Waals surface area contributed by atoms with Crippen molar-refractivity contribution in [1.29, 1.82) is 0 Å². The van der Waals surface area contributed by atoms with Crippen LogP contribution in [0.25, 0.3) is 11.8 Å². The van der Waals surface area contributed by atoms with Crippen molar-refractivity contribution in [3.8, 4) is 11.5 Å². The normalized spacial score (nSPS) is 14.7. The lowest BCUT2D eigenvalue weighted by atomic mass is 9.93. The Labute approximate surface area is 249 Å². The zero-order valence-corrected chi connectivity index (χ0v) is 24.9. The van der Waals surface area contributed by atoms with E-state index in [1.807, 2.05) is 66.7 Å². The number of esters is 1. The molecule has 0 amide bonds. The number of carbonyl (C=O) groups excluding carboxylic acids is 1. The van der Waals surface area contributed by atoms with E-state index in [1.165, 1.54) is 11.3 Å². The number of nitrogens with zero attached hydrogens (tertiary/aromatic N) is 2. The lowest BCUT2D eigenvalue weighted by Crippen LogP contribution is -2.39. The van der Waals surface area contributed by atoms with Crippen LogP contribution in [-0.2, 0) is 9.53 Å². The van der Waals surface area contributed by atoms with E-state index < -0.39 is 12.0 Å². The van der Waals surface area contributed by atoms with E-state index in [-0.39, 0.29) is 12.2 Å². The van der Waals surface area contributed by atoms with Crippen LogP contribution in [0.1, 0.15) is 29.7 Å². The fourth-order valence-electron chi connectivity index (χ4n) is 4.65. The molecule has 41 heavy (non-hydrogen) atoms. The average molecular weight is 632 g/mol. The van der Waals surface area contributed by atoms with Crippen LogP contribution in [0, 0.1) is 0 Å². The summed E-state index contributed by atoms with van der Waals surface area (Å²) >= 11 is 4.81. The number of benzene rings is 3. The van der Waals surface area contributed by atoms with Crippen LogP contribution in [0.4, 0.5) is 0 Å². The molecule has 0 unspecified atom stereocenters. The van der Waals surface area contributed by atoms with E-state index in [4.69, 9.17) is 19.2 Å². The minimum atomic E-state index is -0.722. The Morgan fingerprint density at radius 2 is 1.83 bits per heavy atom. The van der Waals surface area contributed by atoms with Gasteiger partial charge in [0, 0.05) is 5.56 Å². The second kappa shape index (κ2) is 12.5. The number of fused-ring (bicyclic) bond motifs is 1. The SMILES string of the molecule is C=CCOc1c(Br)cc(/C=c2\sc3n(c2=O)[C@H](c2ccccc2)C(C(=O)OCC)=C(c2ccccc2)N=3)cc1OC. The smallest absolute Gasteiger partial charge is 0.338 e. The van der Waals surface area contributed by atoms with Crippen LogP contribution in [-0.4, -0.2) is 30.9 Å². The third-order valence-electron chi connectivity index (χ3n) is 6.38. The molecule has 208 valence electrons. The number of carbonyl (C=O) groups is 1. The van der Waals surface area contributed by atoms with Crippen molar-refractivity contribution in [3.63, 3.8) is 0 Å². The number of hydrogen-bond acceptors (Lipinski definition) is 7. The standard InChI is InChI=1S/C32H27BrN2O5S/c1-4-16-40-29-23(33)17-20(18-24(29)38-3)19-25-30(36)35-28(22-14-10-7-11-15-22)26(31(37)39-5-2)27(34-32(35)41-25)21-12-8-6-9-13-21/h4,6-15,17-19,28H,1,5,16H2,2-3H3/b25-19-/t28-/m1/s1. The Kier molecular flexibility index (Phi) is 8.66. The van der Waals surface area contributed by atoms with Crippen molar-refractivity contribution in [2.45, 2.75) is 13.0 Å². The first kappa shape index (κ1) is 28.3. The molecule has 1 aliphatic heterocycles. The zero-order valence-electron chi connectivity index (χ0n) is 22.5. The van der Waals surface area contributed by atoms with Crippen molar-refractivity contribution < 1.29 is 19.0 Å². The maximum absolute atomic E-state index is 14.0. The van der Waals surface area contributed by atoms with Gasteiger partial charge in [-0.15, -0.1) is 0 Å². The van der Waals surface area contributed by atoms with Crippen molar-refractivity contribution in [2.75, 3.05) is 20.3 Å². The van der Waals surface area contributed by atoms with Gasteiger partial charge in [0.15, 0.2) is 16.3 Å². The van der Waals surface area contributed by atoms with Gasteiger partial charge in [-0.05, 0) is 52.2 Å². The molecule has 2 heterocycles. The highest BCUT2D eigenvalue weighted by atomic mass is 79.9. The molecule has 0 N–H and O–H groups in total. The van der Waals surface area contributed by atoms with Crippen molar-refractivity contribution >= 4 is 45.0 Å². The second-order valence-electron chi connectivity index (χ2n) is 8.98. The fourth-order valence-corrected chi connectivity index (χ4v) is 6.22. The third kappa shape index (κ3) is 5.68. The molecule has 4 aromatic rings. The first-order valence-corrected chi connectivity index (χ1v) is 14.5. The summed E-state index contributed by atoms with van der Waals surface area (Å²) in [4.78, 5) is 32.9. The van der Waals surface area contributed by atoms with Crippen LogP contribution in [0.15, 0.2) is 105 Å². The van der Waals surface area contributed by atoms with Crippen molar-refractivity contribution in [2.24, 2.45) is 4.99 Å². The van der Waals surface area contributed by atoms with Gasteiger partial charge in [-0.1, -0.05) is 84.7 Å². The molecule has 0 aliphatic carbocycles. The van der Waals surface area contributed by atoms with Crippen molar-refractivity contribution in [3.05, 3.63) is 132 Å². The zero-order chi connectivity index (χ0) is 28.9. The van der Waals surface area contributed by atoms with Gasteiger partial charge in [-0.25, -0.2) is 9.79 Å². The molecule has 1 aliphatic rings. The van der Waals surface area contributed by atoms with E-state index in [1.54, 1.807) is 36.8 Å². The molecule has 1 atom stereocenters. The number of hydrogen-bond donors (Lipinski definition) is 0. The average Bonchev–Trinajstić information content (AvgIpc) is 3.30. The Bertz CT molecular complexity index is 1810. The molecule has 9 heteroatoms. The van der Waals surface area contributed by atoms with Crippen LogP contribution in [0.5, 0.6) is 11.5 Å². The van der Waals surface area contributed by atoms with E-state index in [0.717, 1.165) is 16.7 Å². The van der Waals surface area contributed by atoms with Gasteiger partial charge in [0.05, 0.1) is 40.0 Å². The first-order chi connectivity index (χ1) is 20.0. The van der Waals surface area contributed by atoms with Gasteiger partial charge >= 0.3 is 5.97 Å². The molecule has 0 saturated heterocycles. The van der Waals surface area contributed by atoms with Gasteiger partial charge in [0.25, 0.3) is 5.56 Å². The molecule has 5 rings (SSSR count).